The molecule has 2 aromatic rings. The molecule has 0 atom stereocenters. The zero-order chi connectivity index (χ0) is 18.4. The Hall–Kier alpha value is -2.33. The van der Waals surface area contributed by atoms with Crippen LogP contribution in [0.5, 0.6) is 0 Å². The molecule has 0 unspecified atom stereocenters. The SMILES string of the molecule is Cc1cc(NC(=O)CSCC(=O)Nc2cccc(S(C)(=O)=O)c2)no1. The fourth-order valence-corrected chi connectivity index (χ4v) is 3.13. The zero-order valence-electron chi connectivity index (χ0n) is 13.6. The first-order valence-electron chi connectivity index (χ1n) is 7.15. The highest BCUT2D eigenvalue weighted by molar-refractivity contribution is 8.00. The summed E-state index contributed by atoms with van der Waals surface area (Å²) in [5.74, 6) is 0.395. The molecule has 1 heterocycles. The van der Waals surface area contributed by atoms with Crippen molar-refractivity contribution in [3.63, 3.8) is 0 Å². The monoisotopic (exact) mass is 383 g/mol. The first-order valence-corrected chi connectivity index (χ1v) is 10.2. The van der Waals surface area contributed by atoms with Crippen LogP contribution >= 0.6 is 11.8 Å². The first kappa shape index (κ1) is 19.0. The van der Waals surface area contributed by atoms with Crippen LogP contribution in [0.4, 0.5) is 11.5 Å². The predicted molar refractivity (Wildman–Crippen MR) is 95.4 cm³/mol. The average molecular weight is 383 g/mol. The molecule has 0 saturated heterocycles. The number of nitrogens with zero attached hydrogens (tertiary/aromatic N) is 1. The van der Waals surface area contributed by atoms with Gasteiger partial charge in [0.1, 0.15) is 5.76 Å². The van der Waals surface area contributed by atoms with E-state index < -0.39 is 9.84 Å². The maximum Gasteiger partial charge on any atom is 0.235 e. The van der Waals surface area contributed by atoms with Gasteiger partial charge in [-0.05, 0) is 25.1 Å². The van der Waals surface area contributed by atoms with Gasteiger partial charge in [0, 0.05) is 18.0 Å². The molecule has 134 valence electrons. The number of sulfone groups is 1. The summed E-state index contributed by atoms with van der Waals surface area (Å²) in [6, 6.07) is 7.57. The Balaban J connectivity index is 1.78. The number of amides is 2. The van der Waals surface area contributed by atoms with Gasteiger partial charge in [0.2, 0.25) is 11.8 Å². The fraction of sp³-hybridized carbons (Fsp3) is 0.267. The summed E-state index contributed by atoms with van der Waals surface area (Å²) in [5, 5.41) is 8.78. The minimum absolute atomic E-state index is 0.0500. The van der Waals surface area contributed by atoms with Crippen LogP contribution in [-0.2, 0) is 19.4 Å². The minimum Gasteiger partial charge on any atom is -0.360 e. The van der Waals surface area contributed by atoms with Crippen molar-refractivity contribution in [2.75, 3.05) is 28.4 Å². The Morgan fingerprint density at radius 1 is 1.16 bits per heavy atom. The molecule has 0 spiro atoms. The van der Waals surface area contributed by atoms with Crippen molar-refractivity contribution in [2.45, 2.75) is 11.8 Å². The molecule has 0 saturated carbocycles. The van der Waals surface area contributed by atoms with E-state index in [1.54, 1.807) is 25.1 Å². The van der Waals surface area contributed by atoms with E-state index in [0.29, 0.717) is 17.3 Å². The van der Waals surface area contributed by atoms with Crippen LogP contribution in [0.2, 0.25) is 0 Å². The Morgan fingerprint density at radius 2 is 1.84 bits per heavy atom. The lowest BCUT2D eigenvalue weighted by Crippen LogP contribution is -2.18. The van der Waals surface area contributed by atoms with Gasteiger partial charge in [-0.15, -0.1) is 11.8 Å². The van der Waals surface area contributed by atoms with E-state index >= 15 is 0 Å². The van der Waals surface area contributed by atoms with Crippen LogP contribution in [0.3, 0.4) is 0 Å². The van der Waals surface area contributed by atoms with Gasteiger partial charge >= 0.3 is 0 Å². The Morgan fingerprint density at radius 3 is 2.44 bits per heavy atom. The Labute approximate surface area is 149 Å². The minimum atomic E-state index is -3.34. The average Bonchev–Trinajstić information content (AvgIpc) is 2.91. The third-order valence-electron chi connectivity index (χ3n) is 2.91. The number of anilines is 2. The quantitative estimate of drug-likeness (QED) is 0.747. The molecule has 0 bridgehead atoms. The largest absolute Gasteiger partial charge is 0.360 e. The van der Waals surface area contributed by atoms with Crippen LogP contribution in [0.15, 0.2) is 39.8 Å². The van der Waals surface area contributed by atoms with E-state index in [1.807, 2.05) is 0 Å². The summed E-state index contributed by atoms with van der Waals surface area (Å²) < 4.78 is 27.8. The number of aryl methyl sites for hydroxylation is 1. The van der Waals surface area contributed by atoms with E-state index in [9.17, 15) is 18.0 Å². The van der Waals surface area contributed by atoms with Gasteiger partial charge in [-0.25, -0.2) is 8.42 Å². The van der Waals surface area contributed by atoms with Crippen molar-refractivity contribution in [3.05, 3.63) is 36.1 Å². The van der Waals surface area contributed by atoms with Crippen LogP contribution in [-0.4, -0.2) is 43.2 Å². The summed E-state index contributed by atoms with van der Waals surface area (Å²) in [4.78, 5) is 23.7. The highest BCUT2D eigenvalue weighted by Gasteiger charge is 2.11. The third kappa shape index (κ3) is 6.24. The molecule has 2 N–H and O–H groups in total. The number of hydrogen-bond acceptors (Lipinski definition) is 7. The van der Waals surface area contributed by atoms with Gasteiger partial charge in [-0.1, -0.05) is 11.2 Å². The molecule has 0 aliphatic carbocycles. The molecule has 1 aromatic carbocycles. The van der Waals surface area contributed by atoms with Crippen molar-refractivity contribution in [2.24, 2.45) is 0 Å². The molecular weight excluding hydrogens is 366 g/mol. The van der Waals surface area contributed by atoms with Crippen molar-refractivity contribution < 1.29 is 22.5 Å². The molecule has 0 radical (unpaired) electrons. The number of thioether (sulfide) groups is 1. The molecule has 2 amide bonds. The molecule has 10 heteroatoms. The topological polar surface area (TPSA) is 118 Å². The van der Waals surface area contributed by atoms with Crippen molar-refractivity contribution in [3.8, 4) is 0 Å². The van der Waals surface area contributed by atoms with E-state index in [0.717, 1.165) is 18.0 Å². The summed E-state index contributed by atoms with van der Waals surface area (Å²) in [5.41, 5.74) is 0.385. The van der Waals surface area contributed by atoms with Crippen LogP contribution in [0.1, 0.15) is 5.76 Å². The zero-order valence-corrected chi connectivity index (χ0v) is 15.2. The molecular formula is C15H17N3O5S2. The second-order valence-corrected chi connectivity index (χ2v) is 8.21. The highest BCUT2D eigenvalue weighted by atomic mass is 32.2. The standard InChI is InChI=1S/C15H17N3O5S2/c1-10-6-13(18-23-10)17-15(20)9-24-8-14(19)16-11-4-3-5-12(7-11)25(2,21)22/h3-7H,8-9H2,1-2H3,(H,16,19)(H,17,18,20). The molecule has 0 fully saturated rings. The van der Waals surface area contributed by atoms with Gasteiger partial charge in [0.25, 0.3) is 0 Å². The molecule has 0 aliphatic heterocycles. The van der Waals surface area contributed by atoms with Crippen molar-refractivity contribution >= 4 is 44.9 Å². The summed E-state index contributed by atoms with van der Waals surface area (Å²) in [6.45, 7) is 1.71. The lowest BCUT2D eigenvalue weighted by atomic mass is 10.3. The summed E-state index contributed by atoms with van der Waals surface area (Å²) in [7, 11) is -3.34. The number of carbonyl (C=O) groups excluding carboxylic acids is 2. The Bertz CT molecular complexity index is 877. The fourth-order valence-electron chi connectivity index (χ4n) is 1.84. The predicted octanol–water partition coefficient (Wildman–Crippen LogP) is 1.70. The molecule has 8 nitrogen and oxygen atoms in total. The van der Waals surface area contributed by atoms with E-state index in [-0.39, 0.29) is 28.2 Å². The highest BCUT2D eigenvalue weighted by Crippen LogP contribution is 2.16. The van der Waals surface area contributed by atoms with Crippen LogP contribution < -0.4 is 10.6 Å². The molecule has 0 aliphatic rings. The van der Waals surface area contributed by atoms with Gasteiger partial charge in [-0.3, -0.25) is 9.59 Å². The number of aromatic nitrogens is 1. The second kappa shape index (κ2) is 8.17. The number of benzene rings is 1. The van der Waals surface area contributed by atoms with Crippen LogP contribution in [0, 0.1) is 6.92 Å². The smallest absolute Gasteiger partial charge is 0.235 e. The van der Waals surface area contributed by atoms with Crippen molar-refractivity contribution in [1.82, 2.24) is 5.16 Å². The molecule has 25 heavy (non-hydrogen) atoms. The number of rotatable bonds is 7. The van der Waals surface area contributed by atoms with Gasteiger partial charge in [-0.2, -0.15) is 0 Å². The number of carbonyl (C=O) groups is 2. The van der Waals surface area contributed by atoms with Gasteiger partial charge in [0.05, 0.1) is 16.4 Å². The lowest BCUT2D eigenvalue weighted by Gasteiger charge is -2.06. The van der Waals surface area contributed by atoms with E-state index in [1.165, 1.54) is 12.1 Å². The molecule has 2 rings (SSSR count). The summed E-state index contributed by atoms with van der Waals surface area (Å²) in [6.07, 6.45) is 1.10. The van der Waals surface area contributed by atoms with Crippen LogP contribution in [0.25, 0.3) is 0 Å². The maximum atomic E-state index is 11.9. The summed E-state index contributed by atoms with van der Waals surface area (Å²) >= 11 is 1.12. The van der Waals surface area contributed by atoms with Gasteiger partial charge < -0.3 is 15.2 Å². The van der Waals surface area contributed by atoms with E-state index in [4.69, 9.17) is 4.52 Å². The lowest BCUT2D eigenvalue weighted by molar-refractivity contribution is -0.114. The van der Waals surface area contributed by atoms with Gasteiger partial charge in [0.15, 0.2) is 15.7 Å². The molecule has 1 aromatic heterocycles. The first-order chi connectivity index (χ1) is 11.7. The van der Waals surface area contributed by atoms with Crippen molar-refractivity contribution in [1.29, 1.82) is 0 Å². The number of hydrogen-bond donors (Lipinski definition) is 2. The normalized spacial score (nSPS) is 11.1. The number of nitrogens with one attached hydrogen (secondary N) is 2. The van der Waals surface area contributed by atoms with E-state index in [2.05, 4.69) is 15.8 Å². The third-order valence-corrected chi connectivity index (χ3v) is 4.95. The maximum absolute atomic E-state index is 11.9. The Kier molecular flexibility index (Phi) is 6.21. The second-order valence-electron chi connectivity index (χ2n) is 5.21.